The zero-order chi connectivity index (χ0) is 39.0. The number of hydrogen-bond acceptors (Lipinski definition) is 11. The summed E-state index contributed by atoms with van der Waals surface area (Å²) in [4.78, 5) is 15.5. The summed E-state index contributed by atoms with van der Waals surface area (Å²) < 4.78 is 25.3. The van der Waals surface area contributed by atoms with Crippen molar-refractivity contribution in [3.05, 3.63) is 132 Å². The number of carbonyl (C=O) groups is 1. The number of aliphatic hydroxyl groups excluding tert-OH is 7. The van der Waals surface area contributed by atoms with E-state index >= 15 is 0 Å². The van der Waals surface area contributed by atoms with Gasteiger partial charge in [0.05, 0.1) is 30.3 Å². The lowest BCUT2D eigenvalue weighted by atomic mass is 9.73. The number of benzene rings is 4. The van der Waals surface area contributed by atoms with E-state index in [4.69, 9.17) is 9.47 Å². The smallest absolute Gasteiger partial charge is 0.233 e. The maximum atomic E-state index is 13.9. The second kappa shape index (κ2) is 16.1. The van der Waals surface area contributed by atoms with Crippen molar-refractivity contribution in [2.75, 3.05) is 11.5 Å². The van der Waals surface area contributed by atoms with Gasteiger partial charge in [0.1, 0.15) is 36.1 Å². The number of amides is 1. The molecule has 4 aromatic carbocycles. The molecular formula is C42H44FNO11. The number of aliphatic hydroxyl groups is 7. The number of anilines is 1. The number of nitrogens with zero attached hydrogens (tertiary/aromatic N) is 1. The molecule has 1 saturated heterocycles. The van der Waals surface area contributed by atoms with Crippen molar-refractivity contribution in [3.63, 3.8) is 0 Å². The predicted octanol–water partition coefficient (Wildman–Crippen LogP) is 4.10. The zero-order valence-corrected chi connectivity index (χ0v) is 29.6. The van der Waals surface area contributed by atoms with E-state index in [1.165, 1.54) is 24.3 Å². The maximum Gasteiger partial charge on any atom is 0.233 e. The SMILES string of the molecule is O=C1[C@H](CC[C@H](O[C@@H]2OC=C(O)C(O)C2O)c2ccc(F)cc2)[C@@H](c2ccc(-c3ccc(C4C[C@H](CO)[C@@H](O)[C@H](O)[C@H]4O)cc3)cc2O)N1c1ccccc1. The number of para-hydroxylation sites is 1. The topological polar surface area (TPSA) is 201 Å². The molecule has 2 aliphatic heterocycles. The number of carbonyl (C=O) groups excluding carboxylic acids is 1. The Kier molecular flexibility index (Phi) is 11.2. The molecule has 4 aromatic rings. The largest absolute Gasteiger partial charge is 0.508 e. The number of ether oxygens (including phenoxy) is 2. The van der Waals surface area contributed by atoms with E-state index in [0.29, 0.717) is 28.8 Å². The molecule has 1 saturated carbocycles. The summed E-state index contributed by atoms with van der Waals surface area (Å²) in [7, 11) is 0. The van der Waals surface area contributed by atoms with Gasteiger partial charge < -0.3 is 55.2 Å². The van der Waals surface area contributed by atoms with Crippen LogP contribution in [0.3, 0.4) is 0 Å². The molecule has 55 heavy (non-hydrogen) atoms. The first-order chi connectivity index (χ1) is 26.5. The molecular weight excluding hydrogens is 713 g/mol. The Morgan fingerprint density at radius 1 is 0.818 bits per heavy atom. The lowest BCUT2D eigenvalue weighted by Gasteiger charge is -2.48. The van der Waals surface area contributed by atoms with Crippen molar-refractivity contribution < 1.29 is 59.5 Å². The van der Waals surface area contributed by atoms with Crippen LogP contribution in [0, 0.1) is 17.7 Å². The minimum Gasteiger partial charge on any atom is -0.508 e. The van der Waals surface area contributed by atoms with Crippen molar-refractivity contribution in [1.82, 2.24) is 0 Å². The van der Waals surface area contributed by atoms with Crippen molar-refractivity contribution >= 4 is 11.6 Å². The van der Waals surface area contributed by atoms with Crippen LogP contribution in [0.4, 0.5) is 10.1 Å². The lowest BCUT2D eigenvalue weighted by Crippen LogP contribution is -2.55. The highest BCUT2D eigenvalue weighted by molar-refractivity contribution is 6.03. The Morgan fingerprint density at radius 3 is 2.18 bits per heavy atom. The van der Waals surface area contributed by atoms with E-state index in [0.717, 1.165) is 17.4 Å². The quantitative estimate of drug-likeness (QED) is 0.103. The summed E-state index contributed by atoms with van der Waals surface area (Å²) in [6, 6.07) is 26.5. The normalized spacial score (nSPS) is 29.9. The molecule has 1 amide bonds. The van der Waals surface area contributed by atoms with Gasteiger partial charge in [-0.1, -0.05) is 66.7 Å². The highest BCUT2D eigenvalue weighted by Crippen LogP contribution is 2.49. The third-order valence-electron chi connectivity index (χ3n) is 11.2. The second-order valence-electron chi connectivity index (χ2n) is 14.5. The predicted molar refractivity (Wildman–Crippen MR) is 197 cm³/mol. The third-order valence-corrected chi connectivity index (χ3v) is 11.2. The molecule has 1 aliphatic carbocycles. The van der Waals surface area contributed by atoms with E-state index in [1.54, 1.807) is 29.2 Å². The van der Waals surface area contributed by atoms with E-state index in [1.807, 2.05) is 48.5 Å². The van der Waals surface area contributed by atoms with Crippen molar-refractivity contribution in [2.24, 2.45) is 11.8 Å². The molecule has 0 aromatic heterocycles. The molecule has 11 atom stereocenters. The minimum absolute atomic E-state index is 0.0405. The Morgan fingerprint density at radius 2 is 1.51 bits per heavy atom. The summed E-state index contributed by atoms with van der Waals surface area (Å²) in [6.07, 6.45) is -7.63. The first-order valence-electron chi connectivity index (χ1n) is 18.2. The second-order valence-corrected chi connectivity index (χ2v) is 14.5. The Bertz CT molecular complexity index is 1980. The molecule has 8 N–H and O–H groups in total. The van der Waals surface area contributed by atoms with Crippen LogP contribution in [0.5, 0.6) is 5.75 Å². The highest BCUT2D eigenvalue weighted by atomic mass is 19.1. The van der Waals surface area contributed by atoms with Crippen LogP contribution in [0.2, 0.25) is 0 Å². The van der Waals surface area contributed by atoms with Gasteiger partial charge in [-0.05, 0) is 71.8 Å². The number of aromatic hydroxyl groups is 1. The van der Waals surface area contributed by atoms with Gasteiger partial charge in [-0.3, -0.25) is 4.79 Å². The number of phenolic OH excluding ortho intramolecular Hbond substituents is 1. The first kappa shape index (κ1) is 38.4. The first-order valence-corrected chi connectivity index (χ1v) is 18.2. The van der Waals surface area contributed by atoms with Gasteiger partial charge >= 0.3 is 0 Å². The van der Waals surface area contributed by atoms with Crippen LogP contribution in [-0.2, 0) is 14.3 Å². The lowest BCUT2D eigenvalue weighted by molar-refractivity contribution is -0.227. The highest BCUT2D eigenvalue weighted by Gasteiger charge is 2.50. The Hall–Kier alpha value is -4.86. The number of β-lactam (4-membered cyclic amide) rings is 1. The molecule has 3 unspecified atom stereocenters. The molecule has 0 spiro atoms. The minimum atomic E-state index is -1.64. The zero-order valence-electron chi connectivity index (χ0n) is 29.6. The van der Waals surface area contributed by atoms with Crippen molar-refractivity contribution in [2.45, 2.75) is 74.1 Å². The van der Waals surface area contributed by atoms with Gasteiger partial charge in [0.25, 0.3) is 0 Å². The number of halogens is 1. The fourth-order valence-corrected chi connectivity index (χ4v) is 8.00. The maximum absolute atomic E-state index is 13.9. The van der Waals surface area contributed by atoms with Crippen molar-refractivity contribution in [1.29, 1.82) is 0 Å². The van der Waals surface area contributed by atoms with Crippen LogP contribution in [-0.4, -0.2) is 90.2 Å². The van der Waals surface area contributed by atoms with Crippen molar-refractivity contribution in [3.8, 4) is 16.9 Å². The molecule has 2 fully saturated rings. The summed E-state index contributed by atoms with van der Waals surface area (Å²) in [5, 5.41) is 83.0. The fraction of sp³-hybridized carbons (Fsp3) is 0.357. The molecule has 2 heterocycles. The van der Waals surface area contributed by atoms with Gasteiger partial charge in [-0.15, -0.1) is 0 Å². The van der Waals surface area contributed by atoms with Gasteiger partial charge in [0, 0.05) is 29.7 Å². The monoisotopic (exact) mass is 757 g/mol. The molecule has 0 bridgehead atoms. The summed E-state index contributed by atoms with van der Waals surface area (Å²) in [5.74, 6) is -2.95. The number of hydrogen-bond donors (Lipinski definition) is 8. The van der Waals surface area contributed by atoms with Crippen LogP contribution in [0.25, 0.3) is 11.1 Å². The van der Waals surface area contributed by atoms with E-state index in [-0.39, 0.29) is 31.1 Å². The van der Waals surface area contributed by atoms with Crippen LogP contribution >= 0.6 is 0 Å². The Labute approximate surface area is 316 Å². The molecule has 7 rings (SSSR count). The standard InChI is InChI=1S/C42H44FNO11/c43-27-13-10-24(11-14-27)34(55-42-40(52)38(50)33(47)21-54-42)17-16-30-35(44(41(30)53)28-4-2-1-3-5-28)29-15-12-25(19-32(29)46)22-6-8-23(9-7-22)31-18-26(20-45)36(48)39(51)37(31)49/h1-15,19,21,26,30-31,34-40,42,45-52H,16-18,20H2/t26-,30-,31?,34+,35-,36-,37+,38?,39+,40?,42+/m1/s1. The third kappa shape index (κ3) is 7.57. The van der Waals surface area contributed by atoms with Crippen LogP contribution in [0.1, 0.15) is 54.0 Å². The summed E-state index contributed by atoms with van der Waals surface area (Å²) >= 11 is 0. The molecule has 0 radical (unpaired) electrons. The number of phenols is 1. The van der Waals surface area contributed by atoms with Gasteiger partial charge in [-0.25, -0.2) is 4.39 Å². The number of rotatable bonds is 11. The Balaban J connectivity index is 1.13. The van der Waals surface area contributed by atoms with E-state index in [2.05, 4.69) is 0 Å². The average molecular weight is 758 g/mol. The van der Waals surface area contributed by atoms with Gasteiger partial charge in [-0.2, -0.15) is 0 Å². The van der Waals surface area contributed by atoms with Gasteiger partial charge in [0.15, 0.2) is 5.76 Å². The average Bonchev–Trinajstić information content (AvgIpc) is 3.20. The molecule has 13 heteroatoms. The summed E-state index contributed by atoms with van der Waals surface area (Å²) in [5.41, 5.74) is 3.87. The summed E-state index contributed by atoms with van der Waals surface area (Å²) in [6.45, 7) is -0.322. The van der Waals surface area contributed by atoms with Crippen LogP contribution < -0.4 is 4.90 Å². The van der Waals surface area contributed by atoms with E-state index in [9.17, 15) is 50.0 Å². The van der Waals surface area contributed by atoms with E-state index < -0.39 is 78.3 Å². The van der Waals surface area contributed by atoms with Gasteiger partial charge in [0.2, 0.25) is 12.2 Å². The van der Waals surface area contributed by atoms with Crippen LogP contribution in [0.15, 0.2) is 109 Å². The molecule has 290 valence electrons. The molecule has 12 nitrogen and oxygen atoms in total. The fourth-order valence-electron chi connectivity index (χ4n) is 8.00. The molecule has 3 aliphatic rings.